The van der Waals surface area contributed by atoms with Gasteiger partial charge in [-0.05, 0) is 44.0 Å². The van der Waals surface area contributed by atoms with Gasteiger partial charge in [-0.1, -0.05) is 0 Å². The van der Waals surface area contributed by atoms with Gasteiger partial charge in [-0.15, -0.1) is 12.3 Å². The van der Waals surface area contributed by atoms with E-state index in [0.717, 1.165) is 11.3 Å². The molecule has 0 aliphatic carbocycles. The fraction of sp³-hybridized carbons (Fsp3) is 0.400. The van der Waals surface area contributed by atoms with Crippen LogP contribution in [-0.4, -0.2) is 19.2 Å². The number of ether oxygens (including phenoxy) is 2. The van der Waals surface area contributed by atoms with Crippen LogP contribution in [0.25, 0.3) is 0 Å². The zero-order valence-electron chi connectivity index (χ0n) is 10.9. The second-order valence-corrected chi connectivity index (χ2v) is 3.86. The fourth-order valence-electron chi connectivity index (χ4n) is 1.52. The molecule has 3 nitrogen and oxygen atoms in total. The van der Waals surface area contributed by atoms with Crippen LogP contribution >= 0.6 is 0 Å². The van der Waals surface area contributed by atoms with Gasteiger partial charge < -0.3 is 9.47 Å². The lowest BCUT2D eigenvalue weighted by Crippen LogP contribution is -2.07. The van der Waals surface area contributed by atoms with Gasteiger partial charge in [0.2, 0.25) is 0 Å². The van der Waals surface area contributed by atoms with Crippen molar-refractivity contribution in [2.75, 3.05) is 13.2 Å². The molecule has 0 radical (unpaired) electrons. The Balaban J connectivity index is 2.58. The molecule has 0 N–H and O–H groups in total. The van der Waals surface area contributed by atoms with Crippen LogP contribution in [0.5, 0.6) is 5.75 Å². The molecule has 0 saturated carbocycles. The molecule has 0 atom stereocenters. The van der Waals surface area contributed by atoms with E-state index in [2.05, 4.69) is 5.92 Å². The topological polar surface area (TPSA) is 35.5 Å². The first-order valence-corrected chi connectivity index (χ1v) is 6.03. The molecule has 0 aliphatic heterocycles. The van der Waals surface area contributed by atoms with Crippen LogP contribution in [0, 0.1) is 19.3 Å². The number of carbonyl (C=O) groups excluding carboxylic acids is 1. The van der Waals surface area contributed by atoms with Crippen LogP contribution in [0.1, 0.15) is 35.7 Å². The summed E-state index contributed by atoms with van der Waals surface area (Å²) in [5.41, 5.74) is 1.46. The maximum atomic E-state index is 11.7. The molecule has 0 aromatic heterocycles. The average Bonchev–Trinajstić information content (AvgIpc) is 2.37. The van der Waals surface area contributed by atoms with E-state index in [-0.39, 0.29) is 5.97 Å². The summed E-state index contributed by atoms with van der Waals surface area (Å²) in [7, 11) is 0. The second kappa shape index (κ2) is 7.39. The van der Waals surface area contributed by atoms with Crippen LogP contribution in [0.2, 0.25) is 0 Å². The molecule has 1 rings (SSSR count). The van der Waals surface area contributed by atoms with Gasteiger partial charge >= 0.3 is 5.97 Å². The zero-order valence-corrected chi connectivity index (χ0v) is 10.9. The van der Waals surface area contributed by atoms with E-state index < -0.39 is 0 Å². The summed E-state index contributed by atoms with van der Waals surface area (Å²) in [5, 5.41) is 0. The Kier molecular flexibility index (Phi) is 5.79. The first-order chi connectivity index (χ1) is 8.69. The van der Waals surface area contributed by atoms with Crippen molar-refractivity contribution in [3.05, 3.63) is 29.3 Å². The Morgan fingerprint density at radius 2 is 2.22 bits per heavy atom. The van der Waals surface area contributed by atoms with E-state index in [9.17, 15) is 4.79 Å². The third-order valence-corrected chi connectivity index (χ3v) is 2.41. The molecule has 0 unspecified atom stereocenters. The van der Waals surface area contributed by atoms with Gasteiger partial charge in [-0.2, -0.15) is 0 Å². The van der Waals surface area contributed by atoms with Crippen molar-refractivity contribution in [1.82, 2.24) is 0 Å². The van der Waals surface area contributed by atoms with E-state index in [4.69, 9.17) is 15.9 Å². The monoisotopic (exact) mass is 246 g/mol. The summed E-state index contributed by atoms with van der Waals surface area (Å²) in [6.45, 7) is 4.79. The SMILES string of the molecule is C#CCCCOC(=O)c1ccc(OCC)c(C)c1. The highest BCUT2D eigenvalue weighted by molar-refractivity contribution is 5.89. The molecule has 96 valence electrons. The number of rotatable bonds is 6. The lowest BCUT2D eigenvalue weighted by atomic mass is 10.1. The zero-order chi connectivity index (χ0) is 13.4. The van der Waals surface area contributed by atoms with Crippen molar-refractivity contribution in [2.24, 2.45) is 0 Å². The van der Waals surface area contributed by atoms with Gasteiger partial charge in [0.25, 0.3) is 0 Å². The number of esters is 1. The predicted molar refractivity (Wildman–Crippen MR) is 70.7 cm³/mol. The van der Waals surface area contributed by atoms with Gasteiger partial charge in [-0.25, -0.2) is 4.79 Å². The third kappa shape index (κ3) is 4.14. The highest BCUT2D eigenvalue weighted by atomic mass is 16.5. The van der Waals surface area contributed by atoms with Gasteiger partial charge in [0.15, 0.2) is 0 Å². The minimum absolute atomic E-state index is 0.321. The molecule has 0 saturated heterocycles. The van der Waals surface area contributed by atoms with Crippen molar-refractivity contribution in [3.8, 4) is 18.1 Å². The number of aryl methyl sites for hydroxylation is 1. The lowest BCUT2D eigenvalue weighted by Gasteiger charge is -2.09. The number of benzene rings is 1. The average molecular weight is 246 g/mol. The number of unbranched alkanes of at least 4 members (excludes halogenated alkanes) is 1. The van der Waals surface area contributed by atoms with Crippen LogP contribution in [0.4, 0.5) is 0 Å². The van der Waals surface area contributed by atoms with Gasteiger partial charge in [-0.3, -0.25) is 0 Å². The summed E-state index contributed by atoms with van der Waals surface area (Å²) in [4.78, 5) is 11.7. The smallest absolute Gasteiger partial charge is 0.338 e. The maximum Gasteiger partial charge on any atom is 0.338 e. The molecular weight excluding hydrogens is 228 g/mol. The highest BCUT2D eigenvalue weighted by Gasteiger charge is 2.09. The van der Waals surface area contributed by atoms with Crippen LogP contribution in [0.15, 0.2) is 18.2 Å². The number of hydrogen-bond donors (Lipinski definition) is 0. The normalized spacial score (nSPS) is 9.61. The highest BCUT2D eigenvalue weighted by Crippen LogP contribution is 2.19. The van der Waals surface area contributed by atoms with Gasteiger partial charge in [0.05, 0.1) is 18.8 Å². The number of hydrogen-bond acceptors (Lipinski definition) is 3. The predicted octanol–water partition coefficient (Wildman–Crippen LogP) is 2.96. The number of terminal acetylenes is 1. The van der Waals surface area contributed by atoms with Crippen LogP contribution in [-0.2, 0) is 4.74 Å². The first kappa shape index (κ1) is 14.1. The molecule has 0 fully saturated rings. The summed E-state index contributed by atoms with van der Waals surface area (Å²) in [6.07, 6.45) is 6.43. The molecule has 1 aromatic carbocycles. The molecule has 0 bridgehead atoms. The minimum Gasteiger partial charge on any atom is -0.494 e. The molecule has 0 aliphatic rings. The van der Waals surface area contributed by atoms with Crippen molar-refractivity contribution >= 4 is 5.97 Å². The van der Waals surface area contributed by atoms with Crippen molar-refractivity contribution < 1.29 is 14.3 Å². The van der Waals surface area contributed by atoms with E-state index in [1.165, 1.54) is 0 Å². The molecule has 3 heteroatoms. The number of carbonyl (C=O) groups is 1. The third-order valence-electron chi connectivity index (χ3n) is 2.41. The standard InChI is InChI=1S/C15H18O3/c1-4-6-7-10-18-15(16)13-8-9-14(17-5-2)12(3)11-13/h1,8-9,11H,5-7,10H2,2-3H3. The lowest BCUT2D eigenvalue weighted by molar-refractivity contribution is 0.0501. The molecule has 0 amide bonds. The largest absolute Gasteiger partial charge is 0.494 e. The Labute approximate surface area is 108 Å². The summed E-state index contributed by atoms with van der Waals surface area (Å²) < 4.78 is 10.5. The Hall–Kier alpha value is -1.95. The summed E-state index contributed by atoms with van der Waals surface area (Å²) in [6, 6.07) is 5.27. The fourth-order valence-corrected chi connectivity index (χ4v) is 1.52. The van der Waals surface area contributed by atoms with Crippen LogP contribution in [0.3, 0.4) is 0 Å². The second-order valence-electron chi connectivity index (χ2n) is 3.86. The van der Waals surface area contributed by atoms with E-state index >= 15 is 0 Å². The van der Waals surface area contributed by atoms with Crippen molar-refractivity contribution in [3.63, 3.8) is 0 Å². The quantitative estimate of drug-likeness (QED) is 0.440. The Morgan fingerprint density at radius 1 is 1.44 bits per heavy atom. The molecule has 0 heterocycles. The van der Waals surface area contributed by atoms with Gasteiger partial charge in [0.1, 0.15) is 5.75 Å². The molecule has 18 heavy (non-hydrogen) atoms. The van der Waals surface area contributed by atoms with E-state index in [1.807, 2.05) is 13.8 Å². The molecular formula is C15H18O3. The van der Waals surface area contributed by atoms with Crippen molar-refractivity contribution in [2.45, 2.75) is 26.7 Å². The Morgan fingerprint density at radius 3 is 2.83 bits per heavy atom. The van der Waals surface area contributed by atoms with Gasteiger partial charge in [0, 0.05) is 6.42 Å². The maximum absolute atomic E-state index is 11.7. The molecule has 0 spiro atoms. The Bertz CT molecular complexity index is 444. The molecule has 1 aromatic rings. The minimum atomic E-state index is -0.321. The van der Waals surface area contributed by atoms with E-state index in [1.54, 1.807) is 18.2 Å². The summed E-state index contributed by atoms with van der Waals surface area (Å²) >= 11 is 0. The first-order valence-electron chi connectivity index (χ1n) is 6.03. The van der Waals surface area contributed by atoms with Crippen LogP contribution < -0.4 is 4.74 Å². The van der Waals surface area contributed by atoms with Crippen molar-refractivity contribution in [1.29, 1.82) is 0 Å². The van der Waals surface area contributed by atoms with E-state index in [0.29, 0.717) is 31.6 Å². The summed E-state index contributed by atoms with van der Waals surface area (Å²) in [5.74, 6) is 2.98.